The maximum Gasteiger partial charge on any atom is 0.210 e. The van der Waals surface area contributed by atoms with Crippen LogP contribution in [0.15, 0.2) is 28.0 Å². The summed E-state index contributed by atoms with van der Waals surface area (Å²) < 4.78 is 45.3. The summed E-state index contributed by atoms with van der Waals surface area (Å²) in [6, 6.07) is 1.76. The van der Waals surface area contributed by atoms with E-state index in [0.717, 1.165) is 19.4 Å². The zero-order valence-electron chi connectivity index (χ0n) is 17.0. The second kappa shape index (κ2) is 11.7. The fourth-order valence-corrected chi connectivity index (χ4v) is 4.22. The minimum Gasteiger partial charge on any atom is -0.373 e. The number of nitrogens with one attached hydrogen (secondary N) is 2. The van der Waals surface area contributed by atoms with Gasteiger partial charge in [0.05, 0.1) is 5.69 Å². The van der Waals surface area contributed by atoms with E-state index in [0.29, 0.717) is 36.6 Å². The van der Waals surface area contributed by atoms with E-state index in [1.165, 1.54) is 31.9 Å². The summed E-state index contributed by atoms with van der Waals surface area (Å²) in [6.45, 7) is 4.98. The SMILES string of the molecule is C/C=C(F)\N=C(/CC)NSc1c(F)cc(N(C)CCCC2CCCN2)c(Cl)c1F. The molecule has 0 radical (unpaired) electrons. The van der Waals surface area contributed by atoms with Gasteiger partial charge in [-0.1, -0.05) is 18.5 Å². The molecule has 1 unspecified atom stereocenters. The summed E-state index contributed by atoms with van der Waals surface area (Å²) in [5.74, 6) is -1.97. The van der Waals surface area contributed by atoms with Gasteiger partial charge in [-0.05, 0) is 57.2 Å². The van der Waals surface area contributed by atoms with Crippen LogP contribution < -0.4 is 14.9 Å². The van der Waals surface area contributed by atoms with Crippen molar-refractivity contribution < 1.29 is 13.2 Å². The predicted molar refractivity (Wildman–Crippen MR) is 116 cm³/mol. The first-order valence-electron chi connectivity index (χ1n) is 9.81. The van der Waals surface area contributed by atoms with Crippen molar-refractivity contribution in [2.45, 2.75) is 56.9 Å². The van der Waals surface area contributed by atoms with Crippen molar-refractivity contribution in [3.8, 4) is 0 Å². The fourth-order valence-electron chi connectivity index (χ4n) is 3.11. The Balaban J connectivity index is 2.05. The number of amidine groups is 1. The Hall–Kier alpha value is -1.38. The Morgan fingerprint density at radius 1 is 1.48 bits per heavy atom. The lowest BCUT2D eigenvalue weighted by Gasteiger charge is -2.23. The van der Waals surface area contributed by atoms with E-state index in [4.69, 9.17) is 11.6 Å². The molecule has 1 fully saturated rings. The first-order chi connectivity index (χ1) is 13.9. The zero-order valence-corrected chi connectivity index (χ0v) is 18.6. The summed E-state index contributed by atoms with van der Waals surface area (Å²) in [5.41, 5.74) is 0.315. The Labute approximate surface area is 180 Å². The quantitative estimate of drug-likeness (QED) is 0.164. The molecule has 1 atom stereocenters. The smallest absolute Gasteiger partial charge is 0.210 e. The molecule has 1 aliphatic heterocycles. The molecule has 1 aromatic rings. The van der Waals surface area contributed by atoms with Crippen molar-refractivity contribution in [2.75, 3.05) is 25.0 Å². The molecule has 0 aliphatic carbocycles. The summed E-state index contributed by atoms with van der Waals surface area (Å²) in [6.07, 6.45) is 5.87. The molecule has 0 spiro atoms. The number of rotatable bonds is 9. The monoisotopic (exact) mass is 448 g/mol. The minimum atomic E-state index is -0.842. The maximum absolute atomic E-state index is 14.7. The molecule has 0 bridgehead atoms. The van der Waals surface area contributed by atoms with Crippen LogP contribution in [0.3, 0.4) is 0 Å². The summed E-state index contributed by atoms with van der Waals surface area (Å²) in [5, 5.41) is 3.31. The van der Waals surface area contributed by atoms with Gasteiger partial charge in [0.1, 0.15) is 21.6 Å². The van der Waals surface area contributed by atoms with Gasteiger partial charge in [0.25, 0.3) is 0 Å². The highest BCUT2D eigenvalue weighted by Gasteiger charge is 2.21. The van der Waals surface area contributed by atoms with Crippen LogP contribution in [0.4, 0.5) is 18.9 Å². The van der Waals surface area contributed by atoms with E-state index in [1.807, 2.05) is 0 Å². The normalized spacial score (nSPS) is 17.7. The lowest BCUT2D eigenvalue weighted by Crippen LogP contribution is -2.25. The molecule has 0 aromatic heterocycles. The van der Waals surface area contributed by atoms with Crippen molar-refractivity contribution >= 4 is 35.1 Å². The van der Waals surface area contributed by atoms with E-state index < -0.39 is 17.6 Å². The minimum absolute atomic E-state index is 0.133. The van der Waals surface area contributed by atoms with Crippen LogP contribution in [0, 0.1) is 11.6 Å². The Bertz CT molecular complexity index is 752. The molecule has 2 rings (SSSR count). The van der Waals surface area contributed by atoms with Crippen LogP contribution in [0.2, 0.25) is 5.02 Å². The van der Waals surface area contributed by atoms with Gasteiger partial charge in [0, 0.05) is 32.1 Å². The van der Waals surface area contributed by atoms with Crippen LogP contribution in [0.5, 0.6) is 0 Å². The third-order valence-electron chi connectivity index (χ3n) is 4.80. The molecule has 162 valence electrons. The number of hydrogen-bond acceptors (Lipinski definition) is 4. The number of anilines is 1. The Kier molecular flexibility index (Phi) is 9.65. The number of nitrogens with zero attached hydrogens (tertiary/aromatic N) is 2. The van der Waals surface area contributed by atoms with Gasteiger partial charge in [-0.3, -0.25) is 0 Å². The van der Waals surface area contributed by atoms with Crippen LogP contribution in [0.1, 0.15) is 46.0 Å². The van der Waals surface area contributed by atoms with Gasteiger partial charge in [-0.2, -0.15) is 4.39 Å². The first kappa shape index (κ1) is 23.9. The molecule has 1 heterocycles. The molecular weight excluding hydrogens is 421 g/mol. The van der Waals surface area contributed by atoms with E-state index in [9.17, 15) is 13.2 Å². The van der Waals surface area contributed by atoms with Gasteiger partial charge < -0.3 is 14.9 Å². The summed E-state index contributed by atoms with van der Waals surface area (Å²) in [7, 11) is 1.77. The largest absolute Gasteiger partial charge is 0.373 e. The maximum atomic E-state index is 14.7. The third-order valence-corrected chi connectivity index (χ3v) is 6.08. The summed E-state index contributed by atoms with van der Waals surface area (Å²) in [4.78, 5) is 5.21. The molecule has 0 amide bonds. The standard InChI is InChI=1S/C20H28ClF3N4S/c1-4-16(23)26-17(5-2)27-29-20-14(22)12-15(18(21)19(20)24)28(3)11-7-9-13-8-6-10-25-13/h4,12-13,25H,5-11H2,1-3H3,(H,26,27)/b16-4-. The van der Waals surface area contributed by atoms with Crippen molar-refractivity contribution in [3.63, 3.8) is 0 Å². The Morgan fingerprint density at radius 2 is 2.24 bits per heavy atom. The van der Waals surface area contributed by atoms with Crippen molar-refractivity contribution in [1.82, 2.24) is 10.0 Å². The molecule has 29 heavy (non-hydrogen) atoms. The van der Waals surface area contributed by atoms with E-state index in [2.05, 4.69) is 15.0 Å². The molecule has 1 aromatic carbocycles. The van der Waals surface area contributed by atoms with Crippen LogP contribution in [0.25, 0.3) is 0 Å². The average molecular weight is 449 g/mol. The lowest BCUT2D eigenvalue weighted by atomic mass is 10.1. The van der Waals surface area contributed by atoms with E-state index >= 15 is 0 Å². The summed E-state index contributed by atoms with van der Waals surface area (Å²) >= 11 is 6.88. The van der Waals surface area contributed by atoms with E-state index in [-0.39, 0.29) is 15.8 Å². The second-order valence-electron chi connectivity index (χ2n) is 6.92. The molecule has 1 aliphatic rings. The van der Waals surface area contributed by atoms with Crippen LogP contribution in [-0.4, -0.2) is 32.0 Å². The lowest BCUT2D eigenvalue weighted by molar-refractivity contribution is 0.531. The Morgan fingerprint density at radius 3 is 2.86 bits per heavy atom. The van der Waals surface area contributed by atoms with Gasteiger partial charge >= 0.3 is 0 Å². The number of halogens is 4. The molecular formula is C20H28ClF3N4S. The highest BCUT2D eigenvalue weighted by atomic mass is 35.5. The van der Waals surface area contributed by atoms with Gasteiger partial charge in [-0.15, -0.1) is 0 Å². The van der Waals surface area contributed by atoms with Gasteiger partial charge in [0.2, 0.25) is 5.95 Å². The second-order valence-corrected chi connectivity index (χ2v) is 8.11. The molecule has 2 N–H and O–H groups in total. The molecule has 1 saturated heterocycles. The number of hydrogen-bond donors (Lipinski definition) is 2. The zero-order chi connectivity index (χ0) is 21.4. The van der Waals surface area contributed by atoms with Crippen molar-refractivity contribution in [3.05, 3.63) is 34.8 Å². The number of allylic oxidation sites excluding steroid dienone is 1. The fraction of sp³-hybridized carbons (Fsp3) is 0.550. The highest BCUT2D eigenvalue weighted by molar-refractivity contribution is 7.98. The predicted octanol–water partition coefficient (Wildman–Crippen LogP) is 5.82. The van der Waals surface area contributed by atoms with Crippen LogP contribution in [-0.2, 0) is 0 Å². The molecule has 4 nitrogen and oxygen atoms in total. The third kappa shape index (κ3) is 6.83. The number of benzene rings is 1. The van der Waals surface area contributed by atoms with E-state index in [1.54, 1.807) is 18.9 Å². The van der Waals surface area contributed by atoms with Crippen LogP contribution >= 0.6 is 23.5 Å². The van der Waals surface area contributed by atoms with Gasteiger partial charge in [0.15, 0.2) is 5.82 Å². The first-order valence-corrected chi connectivity index (χ1v) is 11.0. The highest BCUT2D eigenvalue weighted by Crippen LogP contribution is 2.36. The topological polar surface area (TPSA) is 39.7 Å². The van der Waals surface area contributed by atoms with Gasteiger partial charge in [-0.25, -0.2) is 13.8 Å². The van der Waals surface area contributed by atoms with Crippen molar-refractivity contribution in [1.29, 1.82) is 0 Å². The average Bonchev–Trinajstić information content (AvgIpc) is 3.22. The van der Waals surface area contributed by atoms with Crippen molar-refractivity contribution in [2.24, 2.45) is 4.99 Å². The molecule has 9 heteroatoms. The molecule has 0 saturated carbocycles. The number of aliphatic imine (C=N–C) groups is 1.